The minimum atomic E-state index is -4.09. The summed E-state index contributed by atoms with van der Waals surface area (Å²) in [4.78, 5) is 12.2. The van der Waals surface area contributed by atoms with Crippen LogP contribution in [-0.4, -0.2) is 55.6 Å². The molecule has 32 heavy (non-hydrogen) atoms. The predicted octanol–water partition coefficient (Wildman–Crippen LogP) is 2.21. The van der Waals surface area contributed by atoms with Crippen molar-refractivity contribution in [3.8, 4) is 11.5 Å². The third-order valence-electron chi connectivity index (χ3n) is 4.97. The number of aliphatic hydroxyl groups is 1. The van der Waals surface area contributed by atoms with Gasteiger partial charge in [-0.15, -0.1) is 0 Å². The van der Waals surface area contributed by atoms with Crippen LogP contribution in [0.25, 0.3) is 11.2 Å². The Balaban J connectivity index is 1.38. The second kappa shape index (κ2) is 7.42. The van der Waals surface area contributed by atoms with E-state index in [-0.39, 0.29) is 23.1 Å². The van der Waals surface area contributed by atoms with E-state index < -0.39 is 38.0 Å². The molecule has 1 fully saturated rings. The quantitative estimate of drug-likeness (QED) is 0.359. The van der Waals surface area contributed by atoms with E-state index in [1.54, 1.807) is 31.3 Å². The minimum Gasteiger partial charge on any atom is -0.391 e. The molecule has 4 N–H and O–H groups in total. The SMILES string of the molecule is CNc1nc(N)nc2c1ncn2[C@@H]1O[C@](Cl)(COP2(=O)Oc3ccccc3O2)[C@@H](O)[C@H]1F. The summed E-state index contributed by atoms with van der Waals surface area (Å²) in [5.74, 6) is 0.687. The van der Waals surface area contributed by atoms with Gasteiger partial charge in [0.15, 0.2) is 45.9 Å². The Labute approximate surface area is 185 Å². The first kappa shape index (κ1) is 21.2. The van der Waals surface area contributed by atoms with Gasteiger partial charge in [0.25, 0.3) is 0 Å². The number of anilines is 2. The Kier molecular flexibility index (Phi) is 4.91. The number of benzene rings is 1. The molecule has 15 heteroatoms. The maximum Gasteiger partial charge on any atom is 0.587 e. The average Bonchev–Trinajstić information content (AvgIpc) is 3.40. The van der Waals surface area contributed by atoms with Crippen LogP contribution in [0.5, 0.6) is 11.5 Å². The fourth-order valence-corrected chi connectivity index (χ4v) is 5.05. The number of halogens is 2. The van der Waals surface area contributed by atoms with Gasteiger partial charge in [-0.3, -0.25) is 9.09 Å². The Bertz CT molecular complexity index is 1220. The highest BCUT2D eigenvalue weighted by Crippen LogP contribution is 2.59. The summed E-state index contributed by atoms with van der Waals surface area (Å²) >= 11 is 6.35. The number of nitrogens with zero attached hydrogens (tertiary/aromatic N) is 4. The summed E-state index contributed by atoms with van der Waals surface area (Å²) < 4.78 is 50.3. The Morgan fingerprint density at radius 2 is 2.06 bits per heavy atom. The highest BCUT2D eigenvalue weighted by molar-refractivity contribution is 7.49. The lowest BCUT2D eigenvalue weighted by atomic mass is 10.1. The molecule has 0 spiro atoms. The number of phosphoric acid groups is 1. The average molecular weight is 487 g/mol. The van der Waals surface area contributed by atoms with E-state index in [1.807, 2.05) is 0 Å². The van der Waals surface area contributed by atoms with Crippen molar-refractivity contribution >= 4 is 42.4 Å². The van der Waals surface area contributed by atoms with Gasteiger partial charge in [0.1, 0.15) is 12.7 Å². The molecule has 3 aromatic rings. The van der Waals surface area contributed by atoms with E-state index in [0.29, 0.717) is 11.3 Å². The maximum absolute atomic E-state index is 15.1. The van der Waals surface area contributed by atoms with E-state index in [2.05, 4.69) is 20.3 Å². The molecule has 0 radical (unpaired) electrons. The van der Waals surface area contributed by atoms with Crippen LogP contribution in [0.1, 0.15) is 6.23 Å². The zero-order valence-electron chi connectivity index (χ0n) is 16.4. The van der Waals surface area contributed by atoms with Gasteiger partial charge in [-0.1, -0.05) is 23.7 Å². The summed E-state index contributed by atoms with van der Waals surface area (Å²) in [5, 5.41) is 11.2. The third-order valence-corrected chi connectivity index (χ3v) is 6.68. The number of aliphatic hydroxyl groups excluding tert-OH is 1. The number of hydrogen-bond acceptors (Lipinski definition) is 11. The van der Waals surface area contributed by atoms with Crippen LogP contribution in [-0.2, 0) is 13.8 Å². The number of phosphoric ester groups is 1. The fourth-order valence-electron chi connectivity index (χ4n) is 3.43. The van der Waals surface area contributed by atoms with Gasteiger partial charge in [-0.2, -0.15) is 9.97 Å². The molecule has 5 rings (SSSR count). The monoisotopic (exact) mass is 486 g/mol. The first-order valence-corrected chi connectivity index (χ1v) is 11.2. The van der Waals surface area contributed by atoms with Crippen molar-refractivity contribution in [3.05, 3.63) is 30.6 Å². The van der Waals surface area contributed by atoms with Crippen LogP contribution in [0.15, 0.2) is 30.6 Å². The summed E-state index contributed by atoms with van der Waals surface area (Å²) in [7, 11) is -2.48. The van der Waals surface area contributed by atoms with Gasteiger partial charge < -0.3 is 29.9 Å². The molecular weight excluding hydrogens is 470 g/mol. The van der Waals surface area contributed by atoms with E-state index in [1.165, 1.54) is 10.9 Å². The van der Waals surface area contributed by atoms with E-state index in [9.17, 15) is 9.67 Å². The number of imidazole rings is 1. The van der Waals surface area contributed by atoms with Crippen LogP contribution in [0.4, 0.5) is 16.2 Å². The lowest BCUT2D eigenvalue weighted by molar-refractivity contribution is -0.0713. The molecule has 0 bridgehead atoms. The second-order valence-electron chi connectivity index (χ2n) is 7.04. The molecule has 0 unspecified atom stereocenters. The minimum absolute atomic E-state index is 0.0776. The molecule has 170 valence electrons. The number of para-hydroxylation sites is 2. The molecule has 4 heterocycles. The first-order valence-electron chi connectivity index (χ1n) is 9.32. The number of nitrogens with two attached hydrogens (primary N) is 1. The smallest absolute Gasteiger partial charge is 0.391 e. The topological polar surface area (TPSA) is 156 Å². The third kappa shape index (κ3) is 3.33. The molecule has 12 nitrogen and oxygen atoms in total. The van der Waals surface area contributed by atoms with Crippen molar-refractivity contribution in [1.29, 1.82) is 0 Å². The number of nitrogens with one attached hydrogen (secondary N) is 1. The summed E-state index contributed by atoms with van der Waals surface area (Å²) in [5.41, 5.74) is 6.19. The van der Waals surface area contributed by atoms with E-state index in [0.717, 1.165) is 0 Å². The molecule has 0 amide bonds. The van der Waals surface area contributed by atoms with Gasteiger partial charge in [0.05, 0.1) is 6.33 Å². The van der Waals surface area contributed by atoms with Crippen molar-refractivity contribution in [3.63, 3.8) is 0 Å². The van der Waals surface area contributed by atoms with Crippen molar-refractivity contribution in [2.24, 2.45) is 0 Å². The molecular formula is C17H17ClFN6O6P. The lowest BCUT2D eigenvalue weighted by Gasteiger charge is -2.24. The predicted molar refractivity (Wildman–Crippen MR) is 110 cm³/mol. The maximum atomic E-state index is 15.1. The van der Waals surface area contributed by atoms with Crippen LogP contribution in [0.3, 0.4) is 0 Å². The fraction of sp³-hybridized carbons (Fsp3) is 0.353. The van der Waals surface area contributed by atoms with Crippen molar-refractivity contribution in [1.82, 2.24) is 19.5 Å². The molecule has 1 aromatic carbocycles. The van der Waals surface area contributed by atoms with Gasteiger partial charge in [-0.05, 0) is 12.1 Å². The number of hydrogen-bond donors (Lipinski definition) is 3. The number of rotatable bonds is 5. The molecule has 1 saturated heterocycles. The van der Waals surface area contributed by atoms with Crippen molar-refractivity contribution in [2.75, 3.05) is 24.7 Å². The molecule has 4 atom stereocenters. The number of ether oxygens (including phenoxy) is 1. The zero-order valence-corrected chi connectivity index (χ0v) is 18.0. The second-order valence-corrected chi connectivity index (χ2v) is 9.20. The van der Waals surface area contributed by atoms with Crippen LogP contribution in [0, 0.1) is 0 Å². The van der Waals surface area contributed by atoms with Crippen LogP contribution < -0.4 is 20.1 Å². The standard InChI is InChI=1S/C17H17ClFN6O6P/c1-21-13-11-14(24-16(20)23-13)25(7-22-11)15-10(19)12(26)17(18,29-15)6-28-32(27)30-8-4-2-3-5-9(8)31-32/h2-5,7,10,12,15,26H,6H2,1H3,(H3,20,21,23,24)/t10-,12+,15-,17-/m1/s1. The van der Waals surface area contributed by atoms with Gasteiger partial charge in [-0.25, -0.2) is 13.9 Å². The summed E-state index contributed by atoms with van der Waals surface area (Å²) in [6.45, 7) is -0.705. The Hall–Kier alpha value is -2.70. The summed E-state index contributed by atoms with van der Waals surface area (Å²) in [6, 6.07) is 6.41. The highest BCUT2D eigenvalue weighted by Gasteiger charge is 2.57. The molecule has 0 saturated carbocycles. The number of nitrogen functional groups attached to an aromatic ring is 1. The van der Waals surface area contributed by atoms with Crippen LogP contribution in [0.2, 0.25) is 0 Å². The van der Waals surface area contributed by atoms with Gasteiger partial charge in [0, 0.05) is 7.05 Å². The first-order chi connectivity index (χ1) is 15.2. The number of alkyl halides is 2. The molecule has 2 aliphatic rings. The number of fused-ring (bicyclic) bond motifs is 2. The van der Waals surface area contributed by atoms with Gasteiger partial charge in [0.2, 0.25) is 5.95 Å². The Morgan fingerprint density at radius 1 is 1.38 bits per heavy atom. The molecule has 2 aliphatic heterocycles. The lowest BCUT2D eigenvalue weighted by Crippen LogP contribution is -2.40. The summed E-state index contributed by atoms with van der Waals surface area (Å²) in [6.07, 6.45) is -4.04. The van der Waals surface area contributed by atoms with E-state index >= 15 is 4.39 Å². The van der Waals surface area contributed by atoms with Gasteiger partial charge >= 0.3 is 7.82 Å². The number of aromatic nitrogens is 4. The molecule has 0 aliphatic carbocycles. The highest BCUT2D eigenvalue weighted by atomic mass is 35.5. The zero-order chi connectivity index (χ0) is 22.7. The molecule has 2 aromatic heterocycles. The Morgan fingerprint density at radius 3 is 2.72 bits per heavy atom. The van der Waals surface area contributed by atoms with E-state index in [4.69, 9.17) is 35.6 Å². The van der Waals surface area contributed by atoms with Crippen molar-refractivity contribution in [2.45, 2.75) is 23.6 Å². The van der Waals surface area contributed by atoms with Crippen molar-refractivity contribution < 1.29 is 32.4 Å². The van der Waals surface area contributed by atoms with Crippen LogP contribution >= 0.6 is 19.4 Å². The largest absolute Gasteiger partial charge is 0.587 e. The normalized spacial score (nSPS) is 28.3.